The molecule has 4 aromatic carbocycles. The van der Waals surface area contributed by atoms with Crippen molar-refractivity contribution in [3.8, 4) is 0 Å². The highest BCUT2D eigenvalue weighted by atomic mass is 35.7. The Bertz CT molecular complexity index is 2010. The quantitative estimate of drug-likeness (QED) is 0.0778. The molecule has 4 saturated heterocycles. The first-order valence-electron chi connectivity index (χ1n) is 21.6. The Balaban J connectivity index is 0.000000280. The number of piperidine rings is 2. The number of rotatable bonds is 7. The zero-order valence-corrected chi connectivity index (χ0v) is 39.4. The van der Waals surface area contributed by atoms with Gasteiger partial charge in [-0.05, 0) is 28.8 Å². The van der Waals surface area contributed by atoms with Gasteiger partial charge in [-0.3, -0.25) is 29.1 Å². The highest BCUT2D eigenvalue weighted by Crippen LogP contribution is 2.14. The summed E-state index contributed by atoms with van der Waals surface area (Å²) in [5.74, 6) is 4.25. The van der Waals surface area contributed by atoms with Gasteiger partial charge in [-0.2, -0.15) is 0 Å². The molecule has 18 heteroatoms. The molecule has 4 aliphatic heterocycles. The Morgan fingerprint density at radius 2 is 0.908 bits per heavy atom. The van der Waals surface area contributed by atoms with Crippen molar-refractivity contribution in [2.75, 3.05) is 65.4 Å². The number of nitrogens with one attached hydrogen (secondary N) is 3. The molecule has 65 heavy (non-hydrogen) atoms. The Labute approximate surface area is 395 Å². The number of nitrogens with two attached hydrogens (primary N) is 1. The largest absolute Gasteiger partial charge is 0.411 e. The van der Waals surface area contributed by atoms with Gasteiger partial charge in [-0.1, -0.05) is 114 Å². The van der Waals surface area contributed by atoms with Crippen LogP contribution in [0.2, 0.25) is 0 Å². The zero-order valence-electron chi connectivity index (χ0n) is 37.0. The molecule has 4 aliphatic rings. The van der Waals surface area contributed by atoms with E-state index in [1.807, 2.05) is 18.2 Å². The summed E-state index contributed by atoms with van der Waals surface area (Å²) in [5, 5.41) is 27.1. The van der Waals surface area contributed by atoms with Crippen molar-refractivity contribution in [2.45, 2.75) is 63.1 Å². The maximum atomic E-state index is 11.1. The van der Waals surface area contributed by atoms with Gasteiger partial charge >= 0.3 is 0 Å². The minimum Gasteiger partial charge on any atom is -0.411 e. The number of ketones is 1. The average molecular weight is 958 g/mol. The number of carbonyl (C=O) groups excluding carboxylic acids is 3. The number of hydrogen-bond donors (Lipinski definition) is 6. The molecule has 0 radical (unpaired) electrons. The van der Waals surface area contributed by atoms with E-state index in [0.29, 0.717) is 18.6 Å². The Kier molecular flexibility index (Phi) is 29.2. The third-order valence-corrected chi connectivity index (χ3v) is 11.7. The first-order chi connectivity index (χ1) is 31.1. The minimum atomic E-state index is -3.53. The van der Waals surface area contributed by atoms with Gasteiger partial charge in [0, 0.05) is 134 Å². The first kappa shape index (κ1) is 56.4. The van der Waals surface area contributed by atoms with Gasteiger partial charge in [-0.15, -0.1) is 12.4 Å². The van der Waals surface area contributed by atoms with Crippen LogP contribution >= 0.6 is 23.1 Å². The molecular weight excluding hydrogens is 892 g/mol. The topological polar surface area (TPSA) is 210 Å². The van der Waals surface area contributed by atoms with Gasteiger partial charge in [0.25, 0.3) is 9.05 Å². The van der Waals surface area contributed by atoms with Crippen molar-refractivity contribution in [3.05, 3.63) is 138 Å². The predicted octanol–water partition coefficient (Wildman–Crippen LogP) is 5.44. The van der Waals surface area contributed by atoms with Gasteiger partial charge in [0.2, 0.25) is 11.8 Å². The zero-order chi connectivity index (χ0) is 46.3. The van der Waals surface area contributed by atoms with Crippen molar-refractivity contribution >= 4 is 55.4 Å². The number of benzene rings is 4. The normalized spacial score (nSPS) is 16.8. The number of hydrogen-bond acceptors (Lipinski definition) is 13. The number of carbonyl (C=O) groups is 3. The standard InChI is InChI=1S/2C12H16N2O.C12H15NO.C6H5ClO2S.C5H10N2O.ClH.H3NO/c15-12-6-8-14(9-7-13-12)10-11-4-2-1-3-5-11;15-13-12-6-8-14(9-7-12)10-11-4-2-1-3-5-11;14-12-6-8-13(9-7-12)10-11-4-2-1-3-5-11;7-10(8,9)6-4-2-1-3-5-6;8-5-1-2-6-3-4-7-5;;1-2/h1-5H,6-10H2,(H,13,15);1-5,15H,6-10H2;1-5H,6-10H2;1-5H;6H,1-4H2,(H,7,8);1H;2H,1H2. The second kappa shape index (κ2) is 33.7. The molecule has 0 aromatic heterocycles. The lowest BCUT2D eigenvalue weighted by Gasteiger charge is -2.26. The van der Waals surface area contributed by atoms with Crippen molar-refractivity contribution in [1.29, 1.82) is 0 Å². The van der Waals surface area contributed by atoms with Crippen molar-refractivity contribution in [2.24, 2.45) is 11.1 Å². The predicted molar refractivity (Wildman–Crippen MR) is 259 cm³/mol. The fraction of sp³-hybridized carbons (Fsp3) is 0.404. The number of halogens is 2. The fourth-order valence-corrected chi connectivity index (χ4v) is 7.61. The van der Waals surface area contributed by atoms with Gasteiger partial charge in [0.1, 0.15) is 5.78 Å². The summed E-state index contributed by atoms with van der Waals surface area (Å²) in [6.07, 6.45) is 4.49. The van der Waals surface area contributed by atoms with E-state index in [0.717, 1.165) is 116 Å². The molecule has 8 rings (SSSR count). The summed E-state index contributed by atoms with van der Waals surface area (Å²) >= 11 is 0. The van der Waals surface area contributed by atoms with Crippen LogP contribution in [0, 0.1) is 0 Å². The molecule has 2 amide bonds. The van der Waals surface area contributed by atoms with Crippen LogP contribution in [0.1, 0.15) is 55.2 Å². The van der Waals surface area contributed by atoms with E-state index in [2.05, 4.69) is 114 Å². The van der Waals surface area contributed by atoms with Gasteiger partial charge in [0.15, 0.2) is 0 Å². The summed E-state index contributed by atoms with van der Waals surface area (Å²) in [5.41, 5.74) is 4.93. The first-order valence-corrected chi connectivity index (χ1v) is 23.9. The number of Topliss-reactive ketones (excluding diaryl/α,β-unsaturated/α-hetero) is 1. The maximum absolute atomic E-state index is 11.1. The lowest BCUT2D eigenvalue weighted by Crippen LogP contribution is -2.33. The third-order valence-electron chi connectivity index (χ3n) is 10.3. The summed E-state index contributed by atoms with van der Waals surface area (Å²) < 4.78 is 21.2. The summed E-state index contributed by atoms with van der Waals surface area (Å²) in [7, 11) is 1.50. The maximum Gasteiger partial charge on any atom is 0.261 e. The number of nitrogens with zero attached hydrogens (tertiary/aromatic N) is 4. The molecule has 0 saturated carbocycles. The smallest absolute Gasteiger partial charge is 0.261 e. The number of likely N-dealkylation sites (tertiary alicyclic amines) is 2. The highest BCUT2D eigenvalue weighted by molar-refractivity contribution is 8.13. The Morgan fingerprint density at radius 1 is 0.523 bits per heavy atom. The van der Waals surface area contributed by atoms with E-state index in [4.69, 9.17) is 21.1 Å². The lowest BCUT2D eigenvalue weighted by molar-refractivity contribution is -0.122. The lowest BCUT2D eigenvalue weighted by atomic mass is 10.1. The van der Waals surface area contributed by atoms with Crippen molar-refractivity contribution in [1.82, 2.24) is 30.7 Å². The average Bonchev–Trinajstić information content (AvgIpc) is 3.71. The molecule has 7 N–H and O–H groups in total. The second-order valence-electron chi connectivity index (χ2n) is 15.2. The Hall–Kier alpha value is -4.75. The van der Waals surface area contributed by atoms with E-state index in [-0.39, 0.29) is 29.1 Å². The second-order valence-corrected chi connectivity index (χ2v) is 17.8. The molecule has 4 aromatic rings. The van der Waals surface area contributed by atoms with Crippen LogP contribution < -0.4 is 21.8 Å². The molecule has 4 heterocycles. The molecule has 0 bridgehead atoms. The molecule has 4 fully saturated rings. The summed E-state index contributed by atoms with van der Waals surface area (Å²) in [4.78, 5) is 39.9. The summed E-state index contributed by atoms with van der Waals surface area (Å²) in [6.45, 7) is 11.8. The van der Waals surface area contributed by atoms with E-state index >= 15 is 0 Å². The van der Waals surface area contributed by atoms with Crippen LogP contribution in [-0.4, -0.2) is 122 Å². The number of oxime groups is 1. The van der Waals surface area contributed by atoms with Crippen LogP contribution in [0.4, 0.5) is 0 Å². The monoisotopic (exact) mass is 956 g/mol. The highest BCUT2D eigenvalue weighted by Gasteiger charge is 2.17. The molecular formula is C47H66Cl2N8O7S. The van der Waals surface area contributed by atoms with Crippen LogP contribution in [0.15, 0.2) is 131 Å². The van der Waals surface area contributed by atoms with Gasteiger partial charge in [-0.25, -0.2) is 14.3 Å². The summed E-state index contributed by atoms with van der Waals surface area (Å²) in [6, 6.07) is 39.1. The van der Waals surface area contributed by atoms with Crippen molar-refractivity contribution < 1.29 is 33.2 Å². The van der Waals surface area contributed by atoms with E-state index in [1.54, 1.807) is 18.2 Å². The van der Waals surface area contributed by atoms with E-state index in [9.17, 15) is 22.8 Å². The molecule has 0 spiro atoms. The molecule has 0 atom stereocenters. The van der Waals surface area contributed by atoms with Gasteiger partial charge in [0.05, 0.1) is 10.6 Å². The van der Waals surface area contributed by atoms with E-state index in [1.165, 1.54) is 28.8 Å². The van der Waals surface area contributed by atoms with Crippen LogP contribution in [-0.2, 0) is 43.1 Å². The molecule has 15 nitrogen and oxygen atoms in total. The third kappa shape index (κ3) is 25.5. The van der Waals surface area contributed by atoms with E-state index < -0.39 is 9.05 Å². The fourth-order valence-electron chi connectivity index (χ4n) is 6.81. The SMILES string of the molecule is Cl.NO.O=C1CCN(Cc2ccccc2)CC1.O=C1CCN(Cc2ccccc2)CCN1.O=C1CCNCCN1.O=S(=O)(Cl)c1ccccc1.ON=C1CCN(Cc2ccccc2)CC1. The number of amides is 2. The van der Waals surface area contributed by atoms with Gasteiger partial charge < -0.3 is 26.4 Å². The van der Waals surface area contributed by atoms with Crippen LogP contribution in [0.5, 0.6) is 0 Å². The molecule has 0 unspecified atom stereocenters. The minimum absolute atomic E-state index is 0. The van der Waals surface area contributed by atoms with Crippen LogP contribution in [0.3, 0.4) is 0 Å². The Morgan fingerprint density at radius 3 is 1.34 bits per heavy atom. The van der Waals surface area contributed by atoms with Crippen LogP contribution in [0.25, 0.3) is 0 Å². The molecule has 0 aliphatic carbocycles. The molecule has 356 valence electrons. The van der Waals surface area contributed by atoms with Crippen molar-refractivity contribution in [3.63, 3.8) is 0 Å².